The van der Waals surface area contributed by atoms with Crippen LogP contribution in [-0.4, -0.2) is 57.3 Å². The summed E-state index contributed by atoms with van der Waals surface area (Å²) in [7, 11) is 2.22. The first-order valence-electron chi connectivity index (χ1n) is 7.89. The van der Waals surface area contributed by atoms with Crippen LogP contribution in [0, 0.1) is 5.92 Å². The maximum Gasteiger partial charge on any atom is 0.152 e. The molecule has 2 aliphatic rings. The first kappa shape index (κ1) is 17.3. The van der Waals surface area contributed by atoms with Crippen LogP contribution in [0.15, 0.2) is 34.5 Å². The number of hydrazone groups is 2. The number of likely N-dealkylation sites (tertiary alicyclic amines) is 1. The van der Waals surface area contributed by atoms with Crippen LogP contribution < -0.4 is 10.4 Å². The number of hydrogen-bond acceptors (Lipinski definition) is 6. The number of aldehydes is 1. The zero-order chi connectivity index (χ0) is 16.7. The molecule has 0 bridgehead atoms. The van der Waals surface area contributed by atoms with Crippen molar-refractivity contribution in [1.82, 2.24) is 10.2 Å². The summed E-state index contributed by atoms with van der Waals surface area (Å²) in [6, 6.07) is 7.75. The van der Waals surface area contributed by atoms with Crippen molar-refractivity contribution >= 4 is 25.4 Å². The molecule has 3 rings (SSSR count). The number of likely N-dealkylation sites (N-methyl/N-ethyl adjacent to an activating group) is 1. The molecule has 2 saturated heterocycles. The molecule has 6 nitrogen and oxygen atoms in total. The molecule has 124 valence electrons. The van der Waals surface area contributed by atoms with E-state index < -0.39 is 0 Å². The number of para-hydroxylation sites is 1. The fourth-order valence-corrected chi connectivity index (χ4v) is 3.16. The van der Waals surface area contributed by atoms with Gasteiger partial charge in [0.1, 0.15) is 0 Å². The van der Waals surface area contributed by atoms with Gasteiger partial charge in [0.15, 0.2) is 6.29 Å². The van der Waals surface area contributed by atoms with E-state index in [2.05, 4.69) is 40.9 Å². The van der Waals surface area contributed by atoms with Gasteiger partial charge in [0.2, 0.25) is 0 Å². The molecule has 23 heavy (non-hydrogen) atoms. The van der Waals surface area contributed by atoms with Gasteiger partial charge in [-0.1, -0.05) is 12.1 Å². The molecule has 2 aliphatic heterocycles. The van der Waals surface area contributed by atoms with Crippen molar-refractivity contribution in [3.05, 3.63) is 29.8 Å². The van der Waals surface area contributed by atoms with E-state index in [-0.39, 0.29) is 0 Å². The Morgan fingerprint density at radius 1 is 1.30 bits per heavy atom. The van der Waals surface area contributed by atoms with E-state index in [4.69, 9.17) is 0 Å². The fraction of sp³-hybridized carbons (Fsp3) is 0.471. The van der Waals surface area contributed by atoms with Crippen LogP contribution >= 0.6 is 0 Å². The monoisotopic (exact) mass is 315 g/mol. The van der Waals surface area contributed by atoms with Gasteiger partial charge in [0.05, 0.1) is 5.69 Å². The lowest BCUT2D eigenvalue weighted by atomic mass is 9.93. The van der Waals surface area contributed by atoms with Crippen LogP contribution in [0.25, 0.3) is 0 Å². The van der Waals surface area contributed by atoms with Crippen molar-refractivity contribution in [2.24, 2.45) is 16.1 Å². The molecule has 0 saturated carbocycles. The number of nitrogens with one attached hydrogen (secondary N) is 1. The number of fused-ring (bicyclic) bond motifs is 1. The summed E-state index contributed by atoms with van der Waals surface area (Å²) in [6.45, 7) is 10.4. The van der Waals surface area contributed by atoms with Gasteiger partial charge >= 0.3 is 0 Å². The Bertz CT molecular complexity index is 540. The number of hydrogen-bond donors (Lipinski definition) is 1. The molecule has 0 unspecified atom stereocenters. The van der Waals surface area contributed by atoms with Crippen molar-refractivity contribution < 1.29 is 4.79 Å². The Morgan fingerprint density at radius 3 is 2.74 bits per heavy atom. The summed E-state index contributed by atoms with van der Waals surface area (Å²) < 4.78 is 0. The highest BCUT2D eigenvalue weighted by Gasteiger charge is 2.30. The van der Waals surface area contributed by atoms with Crippen LogP contribution in [0.2, 0.25) is 0 Å². The second kappa shape index (κ2) is 8.55. The Balaban J connectivity index is 0.000000172. The third-order valence-electron chi connectivity index (χ3n) is 4.43. The van der Waals surface area contributed by atoms with Crippen LogP contribution in [0.3, 0.4) is 0 Å². The van der Waals surface area contributed by atoms with Gasteiger partial charge in [-0.3, -0.25) is 4.79 Å². The van der Waals surface area contributed by atoms with Crippen LogP contribution in [0.4, 0.5) is 5.69 Å². The average Bonchev–Trinajstić information content (AvgIpc) is 3.04. The van der Waals surface area contributed by atoms with E-state index in [9.17, 15) is 4.79 Å². The summed E-state index contributed by atoms with van der Waals surface area (Å²) in [5.74, 6) is 0.996. The SMILES string of the molecule is C=NN(N=C)c1ccccc1C=O.CN1CC[C@H]2CCN[C@H]2C1. The molecule has 1 aromatic rings. The Kier molecular flexibility index (Phi) is 6.43. The molecule has 2 fully saturated rings. The van der Waals surface area contributed by atoms with E-state index in [1.165, 1.54) is 37.6 Å². The van der Waals surface area contributed by atoms with E-state index in [1.54, 1.807) is 24.3 Å². The predicted molar refractivity (Wildman–Crippen MR) is 95.4 cm³/mol. The van der Waals surface area contributed by atoms with Gasteiger partial charge < -0.3 is 10.2 Å². The minimum Gasteiger partial charge on any atom is -0.312 e. The van der Waals surface area contributed by atoms with Crippen LogP contribution in [0.5, 0.6) is 0 Å². The normalized spacial score (nSPS) is 23.2. The number of anilines is 1. The topological polar surface area (TPSA) is 60.3 Å². The van der Waals surface area contributed by atoms with Crippen molar-refractivity contribution in [3.63, 3.8) is 0 Å². The molecule has 1 N–H and O–H groups in total. The Morgan fingerprint density at radius 2 is 2.04 bits per heavy atom. The van der Waals surface area contributed by atoms with Gasteiger partial charge in [-0.15, -0.1) is 0 Å². The minimum atomic E-state index is 0.502. The lowest BCUT2D eigenvalue weighted by Gasteiger charge is -2.31. The number of rotatable bonds is 4. The number of benzene rings is 1. The van der Waals surface area contributed by atoms with Crippen LogP contribution in [-0.2, 0) is 0 Å². The minimum absolute atomic E-state index is 0.502. The third kappa shape index (κ3) is 4.46. The number of carbonyl (C=O) groups excluding carboxylic acids is 1. The van der Waals surface area contributed by atoms with E-state index >= 15 is 0 Å². The lowest BCUT2D eigenvalue weighted by molar-refractivity contribution is 0.112. The molecule has 1 aromatic carbocycles. The van der Waals surface area contributed by atoms with E-state index in [0.717, 1.165) is 18.2 Å². The van der Waals surface area contributed by atoms with Gasteiger partial charge in [-0.05, 0) is 51.0 Å². The molecule has 0 radical (unpaired) electrons. The lowest BCUT2D eigenvalue weighted by Crippen LogP contribution is -2.44. The maximum absolute atomic E-state index is 10.6. The standard InChI is InChI=1S/C9H9N3O.C8H16N2/c1-10-12(11-2)9-6-4-3-5-8(9)7-13;1-10-5-3-7-2-4-9-8(7)6-10/h3-7H,1-2H2;7-9H,2-6H2,1H3/t;7-,8+/m.1/s1. The molecular weight excluding hydrogens is 290 g/mol. The van der Waals surface area contributed by atoms with Gasteiger partial charge in [0.25, 0.3) is 0 Å². The highest BCUT2D eigenvalue weighted by atomic mass is 16.1. The Labute approximate surface area is 137 Å². The summed E-state index contributed by atoms with van der Waals surface area (Å²) in [4.78, 5) is 13.0. The second-order valence-electron chi connectivity index (χ2n) is 5.91. The first-order chi connectivity index (χ1) is 11.2. The van der Waals surface area contributed by atoms with Crippen molar-refractivity contribution in [1.29, 1.82) is 0 Å². The smallest absolute Gasteiger partial charge is 0.152 e. The van der Waals surface area contributed by atoms with Crippen molar-refractivity contribution in [2.75, 3.05) is 31.8 Å². The number of piperidine rings is 1. The van der Waals surface area contributed by atoms with Gasteiger partial charge in [-0.2, -0.15) is 15.3 Å². The molecule has 0 amide bonds. The summed E-state index contributed by atoms with van der Waals surface area (Å²) >= 11 is 0. The van der Waals surface area contributed by atoms with Gasteiger partial charge in [-0.25, -0.2) is 0 Å². The quantitative estimate of drug-likeness (QED) is 0.523. The van der Waals surface area contributed by atoms with Crippen molar-refractivity contribution in [3.8, 4) is 0 Å². The van der Waals surface area contributed by atoms with Crippen molar-refractivity contribution in [2.45, 2.75) is 18.9 Å². The molecule has 0 aliphatic carbocycles. The first-order valence-corrected chi connectivity index (χ1v) is 7.89. The maximum atomic E-state index is 10.6. The molecular formula is C17H25N5O. The summed E-state index contributed by atoms with van der Waals surface area (Å²) in [5.41, 5.74) is 1.07. The molecule has 0 aromatic heterocycles. The van der Waals surface area contributed by atoms with E-state index in [0.29, 0.717) is 11.3 Å². The predicted octanol–water partition coefficient (Wildman–Crippen LogP) is 1.84. The second-order valence-corrected chi connectivity index (χ2v) is 5.91. The largest absolute Gasteiger partial charge is 0.312 e. The van der Waals surface area contributed by atoms with Gasteiger partial charge in [0, 0.05) is 31.6 Å². The highest BCUT2D eigenvalue weighted by Crippen LogP contribution is 2.23. The summed E-state index contributed by atoms with van der Waals surface area (Å²) in [5, 5.41) is 11.9. The highest BCUT2D eigenvalue weighted by molar-refractivity contribution is 5.84. The Hall–Kier alpha value is -2.05. The number of carbonyl (C=O) groups is 1. The zero-order valence-electron chi connectivity index (χ0n) is 13.7. The fourth-order valence-electron chi connectivity index (χ4n) is 3.16. The molecule has 2 heterocycles. The zero-order valence-corrected chi connectivity index (χ0v) is 13.7. The summed E-state index contributed by atoms with van der Waals surface area (Å²) in [6.07, 6.45) is 3.56. The third-order valence-corrected chi connectivity index (χ3v) is 4.43. The number of nitrogens with zero attached hydrogens (tertiary/aromatic N) is 4. The van der Waals surface area contributed by atoms with Crippen LogP contribution in [0.1, 0.15) is 23.2 Å². The van der Waals surface area contributed by atoms with E-state index in [1.807, 2.05) is 0 Å². The average molecular weight is 315 g/mol. The molecule has 2 atom stereocenters. The molecule has 0 spiro atoms. The molecule has 6 heteroatoms.